The molecule has 2 aliphatic rings. The SMILES string of the molecule is CC1(C)C[C@@H]2C[C@@](C)(CN2C(=O)CCS(C)(=O)=O)C1. The molecule has 0 spiro atoms. The summed E-state index contributed by atoms with van der Waals surface area (Å²) in [5.74, 6) is -0.0216. The van der Waals surface area contributed by atoms with Crippen molar-refractivity contribution in [2.45, 2.75) is 52.5 Å². The smallest absolute Gasteiger partial charge is 0.223 e. The molecule has 1 amide bonds. The molecule has 5 heteroatoms. The van der Waals surface area contributed by atoms with E-state index in [-0.39, 0.29) is 28.9 Å². The molecule has 0 aromatic carbocycles. The third-order valence-corrected chi connectivity index (χ3v) is 5.37. The zero-order valence-corrected chi connectivity index (χ0v) is 13.2. The van der Waals surface area contributed by atoms with E-state index in [1.165, 1.54) is 6.26 Å². The summed E-state index contributed by atoms with van der Waals surface area (Å²) in [7, 11) is -3.06. The molecular weight excluding hydrogens is 262 g/mol. The molecule has 1 heterocycles. The fraction of sp³-hybridized carbons (Fsp3) is 0.929. The molecule has 4 nitrogen and oxygen atoms in total. The second-order valence-electron chi connectivity index (χ2n) is 7.62. The molecular formula is C14H25NO3S. The Balaban J connectivity index is 2.05. The number of hydrogen-bond acceptors (Lipinski definition) is 3. The van der Waals surface area contributed by atoms with E-state index in [0.29, 0.717) is 6.04 Å². The summed E-state index contributed by atoms with van der Waals surface area (Å²) in [4.78, 5) is 14.2. The van der Waals surface area contributed by atoms with Crippen LogP contribution in [0.15, 0.2) is 0 Å². The van der Waals surface area contributed by atoms with Crippen molar-refractivity contribution in [1.29, 1.82) is 0 Å². The van der Waals surface area contributed by atoms with Crippen LogP contribution in [0.4, 0.5) is 0 Å². The van der Waals surface area contributed by atoms with Gasteiger partial charge in [0.15, 0.2) is 0 Å². The zero-order valence-electron chi connectivity index (χ0n) is 12.4. The molecule has 1 aliphatic heterocycles. The molecule has 2 rings (SSSR count). The molecule has 110 valence electrons. The minimum Gasteiger partial charge on any atom is -0.339 e. The Kier molecular flexibility index (Phi) is 3.49. The Morgan fingerprint density at radius 1 is 1.26 bits per heavy atom. The van der Waals surface area contributed by atoms with Gasteiger partial charge in [-0.1, -0.05) is 20.8 Å². The molecule has 0 radical (unpaired) electrons. The van der Waals surface area contributed by atoms with Gasteiger partial charge in [0.1, 0.15) is 9.84 Å². The molecule has 0 aromatic heterocycles. The first-order valence-corrected chi connectivity index (χ1v) is 9.03. The van der Waals surface area contributed by atoms with Crippen molar-refractivity contribution in [3.8, 4) is 0 Å². The van der Waals surface area contributed by atoms with Crippen molar-refractivity contribution in [1.82, 2.24) is 4.90 Å². The molecule has 2 fully saturated rings. The Bertz CT molecular complexity index is 483. The molecule has 1 saturated heterocycles. The molecule has 0 unspecified atom stereocenters. The molecule has 19 heavy (non-hydrogen) atoms. The summed E-state index contributed by atoms with van der Waals surface area (Å²) in [6.45, 7) is 7.58. The van der Waals surface area contributed by atoms with Crippen LogP contribution in [0.25, 0.3) is 0 Å². The maximum atomic E-state index is 12.2. The summed E-state index contributed by atoms with van der Waals surface area (Å²) in [5.41, 5.74) is 0.497. The van der Waals surface area contributed by atoms with Gasteiger partial charge >= 0.3 is 0 Å². The van der Waals surface area contributed by atoms with Gasteiger partial charge in [-0.3, -0.25) is 4.79 Å². The minimum atomic E-state index is -3.06. The second kappa shape index (κ2) is 4.47. The number of fused-ring (bicyclic) bond motifs is 2. The van der Waals surface area contributed by atoms with Crippen LogP contribution in [-0.4, -0.2) is 43.8 Å². The first-order chi connectivity index (χ1) is 8.50. The van der Waals surface area contributed by atoms with Crippen LogP contribution in [0.2, 0.25) is 0 Å². The number of rotatable bonds is 3. The lowest BCUT2D eigenvalue weighted by Gasteiger charge is -2.39. The lowest BCUT2D eigenvalue weighted by molar-refractivity contribution is -0.131. The Hall–Kier alpha value is -0.580. The number of carbonyl (C=O) groups excluding carboxylic acids is 1. The molecule has 1 aliphatic carbocycles. The predicted molar refractivity (Wildman–Crippen MR) is 75.6 cm³/mol. The van der Waals surface area contributed by atoms with E-state index < -0.39 is 9.84 Å². The van der Waals surface area contributed by atoms with E-state index in [2.05, 4.69) is 20.8 Å². The van der Waals surface area contributed by atoms with Crippen LogP contribution >= 0.6 is 0 Å². The molecule has 2 bridgehead atoms. The van der Waals surface area contributed by atoms with Crippen LogP contribution < -0.4 is 0 Å². The molecule has 2 atom stereocenters. The van der Waals surface area contributed by atoms with Gasteiger partial charge in [0.25, 0.3) is 0 Å². The number of amides is 1. The molecule has 1 saturated carbocycles. The standard InChI is InChI=1S/C14H25NO3S/c1-13(2)7-11-8-14(3,9-13)10-15(11)12(16)5-6-19(4,17)18/h11H,5-10H2,1-4H3/t11-,14-/m1/s1. The van der Waals surface area contributed by atoms with Crippen LogP contribution in [0.1, 0.15) is 46.5 Å². The van der Waals surface area contributed by atoms with Gasteiger partial charge < -0.3 is 4.90 Å². The van der Waals surface area contributed by atoms with Crippen molar-refractivity contribution in [2.75, 3.05) is 18.6 Å². The van der Waals surface area contributed by atoms with Crippen LogP contribution in [0, 0.1) is 10.8 Å². The van der Waals surface area contributed by atoms with Crippen molar-refractivity contribution in [3.63, 3.8) is 0 Å². The summed E-state index contributed by atoms with van der Waals surface area (Å²) in [5, 5.41) is 0. The average Bonchev–Trinajstić information content (AvgIpc) is 2.43. The number of likely N-dealkylation sites (tertiary alicyclic amines) is 1. The van der Waals surface area contributed by atoms with E-state index in [9.17, 15) is 13.2 Å². The van der Waals surface area contributed by atoms with Gasteiger partial charge in [-0.25, -0.2) is 8.42 Å². The predicted octanol–water partition coefficient (Wildman–Crippen LogP) is 1.85. The zero-order chi connectivity index (χ0) is 14.5. The average molecular weight is 287 g/mol. The Morgan fingerprint density at radius 2 is 1.89 bits per heavy atom. The lowest BCUT2D eigenvalue weighted by Crippen LogP contribution is -2.38. The first kappa shape index (κ1) is 14.8. The van der Waals surface area contributed by atoms with Crippen molar-refractivity contribution in [3.05, 3.63) is 0 Å². The summed E-state index contributed by atoms with van der Waals surface area (Å²) in [6, 6.07) is 0.306. The number of hydrogen-bond donors (Lipinski definition) is 0. The van der Waals surface area contributed by atoms with Crippen molar-refractivity contribution in [2.24, 2.45) is 10.8 Å². The highest BCUT2D eigenvalue weighted by molar-refractivity contribution is 7.90. The van der Waals surface area contributed by atoms with Gasteiger partial charge in [-0.05, 0) is 30.1 Å². The van der Waals surface area contributed by atoms with Gasteiger partial charge in [0.2, 0.25) is 5.91 Å². The Labute approximate surface area is 116 Å². The fourth-order valence-corrected chi connectivity index (χ4v) is 4.71. The third kappa shape index (κ3) is 3.50. The quantitative estimate of drug-likeness (QED) is 0.796. The normalized spacial score (nSPS) is 33.5. The highest BCUT2D eigenvalue weighted by Gasteiger charge is 2.50. The topological polar surface area (TPSA) is 54.5 Å². The van der Waals surface area contributed by atoms with Gasteiger partial charge in [-0.2, -0.15) is 0 Å². The summed E-state index contributed by atoms with van der Waals surface area (Å²) in [6.07, 6.45) is 4.57. The van der Waals surface area contributed by atoms with Gasteiger partial charge in [-0.15, -0.1) is 0 Å². The molecule has 0 N–H and O–H groups in total. The van der Waals surface area contributed by atoms with E-state index in [1.54, 1.807) is 0 Å². The maximum absolute atomic E-state index is 12.2. The maximum Gasteiger partial charge on any atom is 0.223 e. The third-order valence-electron chi connectivity index (χ3n) is 4.42. The number of nitrogens with zero attached hydrogens (tertiary/aromatic N) is 1. The van der Waals surface area contributed by atoms with E-state index >= 15 is 0 Å². The van der Waals surface area contributed by atoms with Crippen molar-refractivity contribution >= 4 is 15.7 Å². The highest BCUT2D eigenvalue weighted by Crippen LogP contribution is 2.52. The van der Waals surface area contributed by atoms with Crippen LogP contribution in [0.5, 0.6) is 0 Å². The minimum absolute atomic E-state index is 0.0110. The Morgan fingerprint density at radius 3 is 2.47 bits per heavy atom. The van der Waals surface area contributed by atoms with Crippen LogP contribution in [-0.2, 0) is 14.6 Å². The summed E-state index contributed by atoms with van der Waals surface area (Å²) >= 11 is 0. The fourth-order valence-electron chi connectivity index (χ4n) is 4.17. The van der Waals surface area contributed by atoms with Crippen molar-refractivity contribution < 1.29 is 13.2 Å². The number of sulfone groups is 1. The number of carbonyl (C=O) groups is 1. The largest absolute Gasteiger partial charge is 0.339 e. The lowest BCUT2D eigenvalue weighted by atomic mass is 9.65. The van der Waals surface area contributed by atoms with Gasteiger partial charge in [0, 0.05) is 25.3 Å². The summed E-state index contributed by atoms with van der Waals surface area (Å²) < 4.78 is 22.3. The monoisotopic (exact) mass is 287 g/mol. The first-order valence-electron chi connectivity index (χ1n) is 6.97. The van der Waals surface area contributed by atoms with Crippen LogP contribution in [0.3, 0.4) is 0 Å². The highest BCUT2D eigenvalue weighted by atomic mass is 32.2. The van der Waals surface area contributed by atoms with E-state index in [0.717, 1.165) is 25.8 Å². The van der Waals surface area contributed by atoms with E-state index in [4.69, 9.17) is 0 Å². The molecule has 0 aromatic rings. The van der Waals surface area contributed by atoms with Gasteiger partial charge in [0.05, 0.1) is 5.75 Å². The second-order valence-corrected chi connectivity index (χ2v) is 9.87. The van der Waals surface area contributed by atoms with E-state index in [1.807, 2.05) is 4.90 Å².